The summed E-state index contributed by atoms with van der Waals surface area (Å²) in [7, 11) is 3.37. The molecule has 154 valence electrons. The third-order valence-electron chi connectivity index (χ3n) is 5.60. The molecule has 2 aliphatic rings. The molecule has 0 bridgehead atoms. The first kappa shape index (κ1) is 19.5. The van der Waals surface area contributed by atoms with Gasteiger partial charge in [-0.25, -0.2) is 4.39 Å². The number of carbonyl (C=O) groups is 2. The van der Waals surface area contributed by atoms with Crippen LogP contribution in [0.4, 0.5) is 4.39 Å². The van der Waals surface area contributed by atoms with Gasteiger partial charge in [0.15, 0.2) is 0 Å². The SMILES string of the molecule is COC(C(=O)N[C@@H]1CN(C(=O)c2cncc(F)c2)C[C@H]1c1cnn(C)c1)C1CC1. The Bertz CT molecular complexity index is 913. The fourth-order valence-electron chi connectivity index (χ4n) is 3.97. The lowest BCUT2D eigenvalue weighted by Gasteiger charge is -2.22. The van der Waals surface area contributed by atoms with Crippen LogP contribution in [-0.2, 0) is 16.6 Å². The lowest BCUT2D eigenvalue weighted by molar-refractivity contribution is -0.133. The van der Waals surface area contributed by atoms with E-state index in [-0.39, 0.29) is 35.3 Å². The van der Waals surface area contributed by atoms with Gasteiger partial charge in [0, 0.05) is 45.6 Å². The highest BCUT2D eigenvalue weighted by Gasteiger charge is 2.42. The summed E-state index contributed by atoms with van der Waals surface area (Å²) in [5.41, 5.74) is 1.13. The third-order valence-corrected chi connectivity index (χ3v) is 5.60. The maximum atomic E-state index is 13.5. The summed E-state index contributed by atoms with van der Waals surface area (Å²) < 4.78 is 20.6. The quantitative estimate of drug-likeness (QED) is 0.783. The number of likely N-dealkylation sites (tertiary alicyclic amines) is 1. The van der Waals surface area contributed by atoms with Crippen molar-refractivity contribution in [2.75, 3.05) is 20.2 Å². The second kappa shape index (κ2) is 7.90. The highest BCUT2D eigenvalue weighted by Crippen LogP contribution is 2.35. The number of amides is 2. The van der Waals surface area contributed by atoms with E-state index in [1.165, 1.54) is 12.3 Å². The first-order valence-electron chi connectivity index (χ1n) is 9.67. The molecule has 4 rings (SSSR count). The number of methoxy groups -OCH3 is 1. The zero-order valence-electron chi connectivity index (χ0n) is 16.4. The maximum absolute atomic E-state index is 13.5. The smallest absolute Gasteiger partial charge is 0.255 e. The summed E-state index contributed by atoms with van der Waals surface area (Å²) in [5, 5.41) is 7.29. The van der Waals surface area contributed by atoms with Crippen LogP contribution in [-0.4, -0.2) is 63.8 Å². The number of hydrogen-bond acceptors (Lipinski definition) is 5. The number of aryl methyl sites for hydroxylation is 1. The summed E-state index contributed by atoms with van der Waals surface area (Å²) in [6.45, 7) is 0.717. The second-order valence-electron chi connectivity index (χ2n) is 7.76. The molecule has 0 spiro atoms. The van der Waals surface area contributed by atoms with Crippen LogP contribution in [0.15, 0.2) is 30.9 Å². The molecule has 2 aromatic rings. The number of ether oxygens (including phenoxy) is 1. The summed E-state index contributed by atoms with van der Waals surface area (Å²) in [4.78, 5) is 31.0. The van der Waals surface area contributed by atoms with E-state index in [1.54, 1.807) is 22.9 Å². The van der Waals surface area contributed by atoms with E-state index < -0.39 is 11.9 Å². The van der Waals surface area contributed by atoms with Crippen LogP contribution in [0.2, 0.25) is 0 Å². The van der Waals surface area contributed by atoms with Crippen molar-refractivity contribution in [3.8, 4) is 0 Å². The van der Waals surface area contributed by atoms with Crippen molar-refractivity contribution < 1.29 is 18.7 Å². The Morgan fingerprint density at radius 1 is 1.28 bits per heavy atom. The van der Waals surface area contributed by atoms with E-state index in [9.17, 15) is 14.0 Å². The standard InChI is InChI=1S/C20H24FN5O3/c1-25-9-14(7-23-25)16-10-26(20(28)13-5-15(21)8-22-6-13)11-17(16)24-19(27)18(29-2)12-3-4-12/h5-9,12,16-18H,3-4,10-11H2,1-2H3,(H,24,27)/t16-,17+,18?/m0/s1. The summed E-state index contributed by atoms with van der Waals surface area (Å²) >= 11 is 0. The highest BCUT2D eigenvalue weighted by atomic mass is 19.1. The van der Waals surface area contributed by atoms with Crippen molar-refractivity contribution in [1.29, 1.82) is 0 Å². The fraction of sp³-hybridized carbons (Fsp3) is 0.500. The van der Waals surface area contributed by atoms with Gasteiger partial charge < -0.3 is 15.0 Å². The fourth-order valence-corrected chi connectivity index (χ4v) is 3.97. The van der Waals surface area contributed by atoms with Crippen LogP contribution < -0.4 is 5.32 Å². The number of hydrogen-bond donors (Lipinski definition) is 1. The predicted octanol–water partition coefficient (Wildman–Crippen LogP) is 1.10. The molecule has 2 aromatic heterocycles. The van der Waals surface area contributed by atoms with E-state index in [2.05, 4.69) is 15.4 Å². The number of rotatable bonds is 6. The van der Waals surface area contributed by atoms with Gasteiger partial charge in [-0.05, 0) is 30.4 Å². The molecule has 9 heteroatoms. The van der Waals surface area contributed by atoms with Crippen molar-refractivity contribution in [3.63, 3.8) is 0 Å². The van der Waals surface area contributed by atoms with Gasteiger partial charge in [-0.15, -0.1) is 0 Å². The van der Waals surface area contributed by atoms with E-state index >= 15 is 0 Å². The van der Waals surface area contributed by atoms with Crippen molar-refractivity contribution in [1.82, 2.24) is 25.0 Å². The van der Waals surface area contributed by atoms with Gasteiger partial charge >= 0.3 is 0 Å². The van der Waals surface area contributed by atoms with Crippen LogP contribution in [0.3, 0.4) is 0 Å². The minimum Gasteiger partial charge on any atom is -0.371 e. The normalized spacial score (nSPS) is 22.5. The Labute approximate surface area is 168 Å². The number of pyridine rings is 1. The molecular weight excluding hydrogens is 377 g/mol. The minimum absolute atomic E-state index is 0.116. The summed E-state index contributed by atoms with van der Waals surface area (Å²) in [6, 6.07) is 0.891. The van der Waals surface area contributed by atoms with Gasteiger partial charge in [0.1, 0.15) is 11.9 Å². The van der Waals surface area contributed by atoms with Gasteiger partial charge in [-0.1, -0.05) is 0 Å². The van der Waals surface area contributed by atoms with Gasteiger partial charge in [0.05, 0.1) is 24.0 Å². The van der Waals surface area contributed by atoms with E-state index in [4.69, 9.17) is 4.74 Å². The first-order chi connectivity index (χ1) is 14.0. The Hall–Kier alpha value is -2.81. The molecule has 1 aliphatic heterocycles. The number of halogens is 1. The Morgan fingerprint density at radius 2 is 2.07 bits per heavy atom. The second-order valence-corrected chi connectivity index (χ2v) is 7.76. The molecule has 1 N–H and O–H groups in total. The predicted molar refractivity (Wildman–Crippen MR) is 101 cm³/mol. The van der Waals surface area contributed by atoms with E-state index in [0.717, 1.165) is 24.6 Å². The maximum Gasteiger partial charge on any atom is 0.255 e. The Balaban J connectivity index is 1.54. The van der Waals surface area contributed by atoms with Crippen LogP contribution in [0.5, 0.6) is 0 Å². The van der Waals surface area contributed by atoms with Crippen LogP contribution in [0.25, 0.3) is 0 Å². The van der Waals surface area contributed by atoms with Crippen LogP contribution in [0.1, 0.15) is 34.7 Å². The Kier molecular flexibility index (Phi) is 5.31. The van der Waals surface area contributed by atoms with Crippen molar-refractivity contribution >= 4 is 11.8 Å². The lowest BCUT2D eigenvalue weighted by atomic mass is 9.97. The molecule has 3 heterocycles. The number of aromatic nitrogens is 3. The van der Waals surface area contributed by atoms with Crippen LogP contribution >= 0.6 is 0 Å². The first-order valence-corrected chi connectivity index (χ1v) is 9.67. The summed E-state index contributed by atoms with van der Waals surface area (Å²) in [5.74, 6) is -0.885. The molecule has 1 saturated carbocycles. The monoisotopic (exact) mass is 401 g/mol. The summed E-state index contributed by atoms with van der Waals surface area (Å²) in [6.07, 6.45) is 7.54. The molecule has 2 fully saturated rings. The third kappa shape index (κ3) is 4.14. The number of nitrogens with zero attached hydrogens (tertiary/aromatic N) is 4. The van der Waals surface area contributed by atoms with E-state index in [0.29, 0.717) is 13.1 Å². The van der Waals surface area contributed by atoms with Gasteiger partial charge in [0.25, 0.3) is 5.91 Å². The molecule has 1 saturated heterocycles. The van der Waals surface area contributed by atoms with Gasteiger partial charge in [0.2, 0.25) is 5.91 Å². The molecule has 29 heavy (non-hydrogen) atoms. The van der Waals surface area contributed by atoms with Crippen molar-refractivity contribution in [3.05, 3.63) is 47.8 Å². The van der Waals surface area contributed by atoms with Gasteiger partial charge in [-0.3, -0.25) is 19.3 Å². The number of nitrogens with one attached hydrogen (secondary N) is 1. The zero-order chi connectivity index (χ0) is 20.5. The highest BCUT2D eigenvalue weighted by molar-refractivity contribution is 5.94. The van der Waals surface area contributed by atoms with Gasteiger partial charge in [-0.2, -0.15) is 5.10 Å². The molecule has 8 nitrogen and oxygen atoms in total. The Morgan fingerprint density at radius 3 is 2.69 bits per heavy atom. The molecule has 0 radical (unpaired) electrons. The molecule has 0 aromatic carbocycles. The molecule has 1 unspecified atom stereocenters. The largest absolute Gasteiger partial charge is 0.371 e. The van der Waals surface area contributed by atoms with Crippen molar-refractivity contribution in [2.24, 2.45) is 13.0 Å². The number of carbonyl (C=O) groups excluding carboxylic acids is 2. The van der Waals surface area contributed by atoms with Crippen molar-refractivity contribution in [2.45, 2.75) is 30.9 Å². The molecule has 2 amide bonds. The van der Waals surface area contributed by atoms with E-state index in [1.807, 2.05) is 13.2 Å². The minimum atomic E-state index is -0.559. The van der Waals surface area contributed by atoms with Crippen LogP contribution in [0, 0.1) is 11.7 Å². The molecule has 3 atom stereocenters. The molecular formula is C20H24FN5O3. The average molecular weight is 401 g/mol. The zero-order valence-corrected chi connectivity index (χ0v) is 16.4. The lowest BCUT2D eigenvalue weighted by Crippen LogP contribution is -2.46. The molecule has 1 aliphatic carbocycles. The average Bonchev–Trinajstić information content (AvgIpc) is 3.29. The topological polar surface area (TPSA) is 89.3 Å².